The molecule has 17 heavy (non-hydrogen) atoms. The van der Waals surface area contributed by atoms with Gasteiger partial charge < -0.3 is 5.21 Å². The van der Waals surface area contributed by atoms with Crippen molar-refractivity contribution in [3.8, 4) is 0 Å². The molecule has 0 fully saturated rings. The van der Waals surface area contributed by atoms with E-state index in [1.807, 2.05) is 26.8 Å². The van der Waals surface area contributed by atoms with Crippen LogP contribution < -0.4 is 0 Å². The van der Waals surface area contributed by atoms with Crippen molar-refractivity contribution in [2.45, 2.75) is 52.0 Å². The summed E-state index contributed by atoms with van der Waals surface area (Å²) in [6, 6.07) is 8.26. The summed E-state index contributed by atoms with van der Waals surface area (Å²) in [5.74, 6) is 0. The van der Waals surface area contributed by atoms with E-state index in [9.17, 15) is 5.21 Å². The average molecular weight is 231 g/mol. The molecular weight excluding hydrogens is 210 g/mol. The van der Waals surface area contributed by atoms with Gasteiger partial charge in [0.15, 0.2) is 11.3 Å². The Bertz CT molecular complexity index is 483. The lowest BCUT2D eigenvalue weighted by molar-refractivity contribution is -0.542. The lowest BCUT2D eigenvalue weighted by atomic mass is 9.74. The number of nitrogens with zero attached hydrogens (tertiary/aromatic N) is 1. The van der Waals surface area contributed by atoms with Gasteiger partial charge in [0.25, 0.3) is 0 Å². The molecule has 0 amide bonds. The van der Waals surface area contributed by atoms with Crippen molar-refractivity contribution in [3.63, 3.8) is 0 Å². The summed E-state index contributed by atoms with van der Waals surface area (Å²) in [6.07, 6.45) is 0.859. The van der Waals surface area contributed by atoms with E-state index in [-0.39, 0.29) is 11.0 Å². The van der Waals surface area contributed by atoms with Crippen LogP contribution in [0.3, 0.4) is 0 Å². The second kappa shape index (κ2) is 3.59. The maximum Gasteiger partial charge on any atom is 0.191 e. The molecule has 0 bridgehead atoms. The monoisotopic (exact) mass is 231 g/mol. The van der Waals surface area contributed by atoms with Crippen LogP contribution in [0.25, 0.3) is 0 Å². The summed E-state index contributed by atoms with van der Waals surface area (Å²) < 4.78 is 1.18. The fourth-order valence-corrected chi connectivity index (χ4v) is 3.20. The lowest BCUT2D eigenvalue weighted by Gasteiger charge is -2.31. The third-order valence-corrected chi connectivity index (χ3v) is 3.77. The number of fused-ring (bicyclic) bond motifs is 1. The third-order valence-electron chi connectivity index (χ3n) is 3.77. The lowest BCUT2D eigenvalue weighted by Crippen LogP contribution is -2.38. The summed E-state index contributed by atoms with van der Waals surface area (Å²) in [4.78, 5) is 0. The number of hydroxylamine groups is 1. The number of hydrogen-bond donors (Lipinski definition) is 0. The van der Waals surface area contributed by atoms with Gasteiger partial charge in [0, 0.05) is 32.8 Å². The summed E-state index contributed by atoms with van der Waals surface area (Å²) in [6.45, 7) is 10.4. The first-order valence-corrected chi connectivity index (χ1v) is 6.16. The van der Waals surface area contributed by atoms with Gasteiger partial charge in [-0.2, -0.15) is 0 Å². The van der Waals surface area contributed by atoms with E-state index in [4.69, 9.17) is 0 Å². The van der Waals surface area contributed by atoms with Crippen LogP contribution in [0, 0.1) is 5.21 Å². The Labute approximate surface area is 104 Å². The Morgan fingerprint density at radius 3 is 2.35 bits per heavy atom. The van der Waals surface area contributed by atoms with Crippen molar-refractivity contribution in [2.24, 2.45) is 0 Å². The molecule has 0 aromatic heterocycles. The molecule has 0 N–H and O–H groups in total. The van der Waals surface area contributed by atoms with Gasteiger partial charge in [-0.15, -0.1) is 0 Å². The molecule has 1 aliphatic heterocycles. The van der Waals surface area contributed by atoms with Crippen LogP contribution >= 0.6 is 0 Å². The first-order valence-electron chi connectivity index (χ1n) is 6.16. The summed E-state index contributed by atoms with van der Waals surface area (Å²) in [5, 5.41) is 12.4. The van der Waals surface area contributed by atoms with Gasteiger partial charge in [-0.25, -0.2) is 4.74 Å². The molecule has 92 valence electrons. The maximum atomic E-state index is 12.4. The predicted octanol–water partition coefficient (Wildman–Crippen LogP) is 3.47. The molecular formula is C15H21NO. The number of benzene rings is 1. The second-order valence-corrected chi connectivity index (χ2v) is 6.30. The minimum atomic E-state index is -0.355. The van der Waals surface area contributed by atoms with E-state index >= 15 is 0 Å². The van der Waals surface area contributed by atoms with Crippen LogP contribution in [0.2, 0.25) is 0 Å². The van der Waals surface area contributed by atoms with Gasteiger partial charge in [-0.05, 0) is 17.0 Å². The SMILES string of the molecule is CC1=[N+]([O-])C(C)(C)CC(C)(C)c2ccccc21. The quantitative estimate of drug-likeness (QED) is 0.496. The van der Waals surface area contributed by atoms with Crippen LogP contribution in [0.15, 0.2) is 24.3 Å². The zero-order valence-electron chi connectivity index (χ0n) is 11.4. The Kier molecular flexibility index (Phi) is 2.57. The van der Waals surface area contributed by atoms with E-state index in [1.54, 1.807) is 0 Å². The number of rotatable bonds is 0. The fraction of sp³-hybridized carbons (Fsp3) is 0.533. The zero-order chi connectivity index (χ0) is 12.8. The van der Waals surface area contributed by atoms with Crippen LogP contribution in [-0.2, 0) is 5.41 Å². The Balaban J connectivity index is 2.74. The molecule has 0 unspecified atom stereocenters. The van der Waals surface area contributed by atoms with Crippen molar-refractivity contribution in [1.82, 2.24) is 0 Å². The molecule has 0 saturated heterocycles. The van der Waals surface area contributed by atoms with E-state index in [2.05, 4.69) is 32.0 Å². The largest absolute Gasteiger partial charge is 0.623 e. The summed E-state index contributed by atoms with van der Waals surface area (Å²) in [7, 11) is 0. The van der Waals surface area contributed by atoms with E-state index in [0.29, 0.717) is 0 Å². The molecule has 0 aliphatic carbocycles. The van der Waals surface area contributed by atoms with Gasteiger partial charge in [0.2, 0.25) is 0 Å². The van der Waals surface area contributed by atoms with Crippen LogP contribution in [0.4, 0.5) is 0 Å². The van der Waals surface area contributed by atoms with Crippen LogP contribution in [-0.4, -0.2) is 16.0 Å². The van der Waals surface area contributed by atoms with Crippen molar-refractivity contribution in [3.05, 3.63) is 40.6 Å². The molecule has 2 heteroatoms. The highest BCUT2D eigenvalue weighted by Crippen LogP contribution is 2.38. The minimum Gasteiger partial charge on any atom is -0.623 e. The molecule has 1 heterocycles. The van der Waals surface area contributed by atoms with Crippen molar-refractivity contribution < 1.29 is 4.74 Å². The van der Waals surface area contributed by atoms with Crippen molar-refractivity contribution >= 4 is 5.71 Å². The highest BCUT2D eigenvalue weighted by molar-refractivity contribution is 5.97. The molecule has 0 radical (unpaired) electrons. The Hall–Kier alpha value is -1.31. The van der Waals surface area contributed by atoms with Crippen molar-refractivity contribution in [2.75, 3.05) is 0 Å². The molecule has 0 spiro atoms. The molecule has 1 aromatic carbocycles. The topological polar surface area (TPSA) is 26.1 Å². The smallest absolute Gasteiger partial charge is 0.191 e. The van der Waals surface area contributed by atoms with E-state index in [1.165, 1.54) is 10.3 Å². The van der Waals surface area contributed by atoms with E-state index < -0.39 is 0 Å². The molecule has 0 saturated carbocycles. The first kappa shape index (κ1) is 12.2. The first-order chi connectivity index (χ1) is 7.76. The molecule has 2 rings (SSSR count). The van der Waals surface area contributed by atoms with Gasteiger partial charge in [-0.1, -0.05) is 32.0 Å². The normalized spacial score (nSPS) is 21.9. The molecule has 2 nitrogen and oxygen atoms in total. The Morgan fingerprint density at radius 1 is 1.12 bits per heavy atom. The zero-order valence-corrected chi connectivity index (χ0v) is 11.4. The highest BCUT2D eigenvalue weighted by atomic mass is 16.5. The van der Waals surface area contributed by atoms with E-state index in [0.717, 1.165) is 17.7 Å². The Morgan fingerprint density at radius 2 is 1.71 bits per heavy atom. The highest BCUT2D eigenvalue weighted by Gasteiger charge is 2.41. The van der Waals surface area contributed by atoms with Gasteiger partial charge in [0.1, 0.15) is 0 Å². The minimum absolute atomic E-state index is 0.0283. The summed E-state index contributed by atoms with van der Waals surface area (Å²) in [5.41, 5.74) is 2.88. The van der Waals surface area contributed by atoms with Crippen molar-refractivity contribution in [1.29, 1.82) is 0 Å². The standard InChI is InChI=1S/C15H21NO/c1-11-12-8-6-7-9-13(12)14(2,3)10-15(4,5)16(11)17/h6-9H,10H2,1-5H3. The maximum absolute atomic E-state index is 12.4. The van der Waals surface area contributed by atoms with Crippen LogP contribution in [0.5, 0.6) is 0 Å². The molecule has 1 aromatic rings. The van der Waals surface area contributed by atoms with Gasteiger partial charge in [0.05, 0.1) is 0 Å². The van der Waals surface area contributed by atoms with Gasteiger partial charge >= 0.3 is 0 Å². The third kappa shape index (κ3) is 1.86. The average Bonchev–Trinajstić information content (AvgIpc) is 2.29. The number of hydrogen-bond acceptors (Lipinski definition) is 1. The predicted molar refractivity (Wildman–Crippen MR) is 71.6 cm³/mol. The fourth-order valence-electron chi connectivity index (χ4n) is 3.20. The molecule has 0 atom stereocenters. The molecule has 1 aliphatic rings. The second-order valence-electron chi connectivity index (χ2n) is 6.30. The van der Waals surface area contributed by atoms with Crippen LogP contribution in [0.1, 0.15) is 52.2 Å². The van der Waals surface area contributed by atoms with Gasteiger partial charge in [-0.3, -0.25) is 0 Å². The summed E-state index contributed by atoms with van der Waals surface area (Å²) >= 11 is 0.